The molecule has 2 nitrogen and oxygen atoms in total. The van der Waals surface area contributed by atoms with E-state index in [1.807, 2.05) is 48.5 Å². The fourth-order valence-electron chi connectivity index (χ4n) is 1.61. The van der Waals surface area contributed by atoms with Crippen LogP contribution in [0.25, 0.3) is 0 Å². The molecule has 2 aromatic carbocycles. The number of benzene rings is 2. The summed E-state index contributed by atoms with van der Waals surface area (Å²) in [5, 5.41) is 0. The molecule has 0 saturated carbocycles. The van der Waals surface area contributed by atoms with Crippen molar-refractivity contribution < 1.29 is 9.53 Å². The van der Waals surface area contributed by atoms with Crippen LogP contribution in [0.15, 0.2) is 57.9 Å². The maximum absolute atomic E-state index is 11.7. The zero-order valence-corrected chi connectivity index (χ0v) is 12.7. The van der Waals surface area contributed by atoms with Crippen LogP contribution in [0.3, 0.4) is 0 Å². The molecule has 0 aromatic heterocycles. The molecule has 0 fully saturated rings. The molecule has 0 atom stereocenters. The van der Waals surface area contributed by atoms with Gasteiger partial charge in [-0.05, 0) is 23.8 Å². The molecule has 2 aromatic rings. The Balaban J connectivity index is 1.88. The fourth-order valence-corrected chi connectivity index (χ4v) is 2.15. The van der Waals surface area contributed by atoms with Gasteiger partial charge < -0.3 is 4.74 Å². The Labute approximate surface area is 126 Å². The molecule has 0 aliphatic heterocycles. The molecule has 0 unspecified atom stereocenters. The van der Waals surface area contributed by atoms with Crippen molar-refractivity contribution >= 4 is 34.5 Å². The minimum atomic E-state index is -0.234. The minimum absolute atomic E-state index is 0.234. The average Bonchev–Trinajstić information content (AvgIpc) is 2.40. The Hall–Kier alpha value is -1.26. The van der Waals surface area contributed by atoms with E-state index >= 15 is 0 Å². The zero-order valence-electron chi connectivity index (χ0n) is 10.2. The summed E-state index contributed by atoms with van der Waals surface area (Å²) >= 11 is 7.62. The maximum atomic E-state index is 11.7. The second kappa shape index (κ2) is 6.78. The monoisotopic (exact) mass is 336 g/mol. The van der Waals surface area contributed by atoms with Crippen LogP contribution in [0, 0.1) is 0 Å². The summed E-state index contributed by atoms with van der Waals surface area (Å²) in [6, 6.07) is 15.2. The van der Waals surface area contributed by atoms with Gasteiger partial charge in [-0.2, -0.15) is 0 Å². The van der Waals surface area contributed by atoms with Crippen molar-refractivity contribution in [2.45, 2.75) is 17.9 Å². The number of carbonyl (C=O) groups excluding carboxylic acids is 1. The van der Waals surface area contributed by atoms with E-state index in [9.17, 15) is 4.79 Å². The van der Waals surface area contributed by atoms with Crippen molar-refractivity contribution in [3.05, 3.63) is 64.1 Å². The Morgan fingerprint density at radius 1 is 1.11 bits per heavy atom. The van der Waals surface area contributed by atoms with Gasteiger partial charge in [0.15, 0.2) is 0 Å². The van der Waals surface area contributed by atoms with E-state index in [1.165, 1.54) is 0 Å². The number of halogens is 1. The van der Waals surface area contributed by atoms with Gasteiger partial charge in [0.1, 0.15) is 6.61 Å². The Bertz CT molecular complexity index is 567. The summed E-state index contributed by atoms with van der Waals surface area (Å²) in [5.41, 5.74) is 1.89. The van der Waals surface area contributed by atoms with Crippen LogP contribution in [0.1, 0.15) is 11.1 Å². The quantitative estimate of drug-likeness (QED) is 0.674. The van der Waals surface area contributed by atoms with Crippen molar-refractivity contribution in [3.8, 4) is 0 Å². The van der Waals surface area contributed by atoms with Gasteiger partial charge in [-0.1, -0.05) is 46.3 Å². The van der Waals surface area contributed by atoms with Crippen molar-refractivity contribution in [1.82, 2.24) is 0 Å². The number of rotatable bonds is 4. The summed E-state index contributed by atoms with van der Waals surface area (Å²) in [5.74, 6) is -0.234. The van der Waals surface area contributed by atoms with Crippen LogP contribution in [0.4, 0.5) is 0 Å². The molecule has 0 spiro atoms. The Morgan fingerprint density at radius 2 is 1.79 bits per heavy atom. The van der Waals surface area contributed by atoms with Crippen LogP contribution in [-0.2, 0) is 22.6 Å². The van der Waals surface area contributed by atoms with Gasteiger partial charge in [0.25, 0.3) is 0 Å². The fraction of sp³-hybridized carbons (Fsp3) is 0.133. The van der Waals surface area contributed by atoms with Crippen LogP contribution in [0.5, 0.6) is 0 Å². The topological polar surface area (TPSA) is 26.3 Å². The highest BCUT2D eigenvalue weighted by atomic mass is 79.9. The smallest absolute Gasteiger partial charge is 0.310 e. The van der Waals surface area contributed by atoms with Crippen LogP contribution in [0.2, 0.25) is 0 Å². The third-order valence-corrected chi connectivity index (χ3v) is 3.70. The maximum Gasteiger partial charge on any atom is 0.310 e. The van der Waals surface area contributed by atoms with Crippen molar-refractivity contribution in [3.63, 3.8) is 0 Å². The van der Waals surface area contributed by atoms with Gasteiger partial charge in [-0.25, -0.2) is 0 Å². The van der Waals surface area contributed by atoms with E-state index in [4.69, 9.17) is 4.74 Å². The molecule has 2 rings (SSSR count). The lowest BCUT2D eigenvalue weighted by Gasteiger charge is -2.06. The first kappa shape index (κ1) is 14.2. The molecule has 98 valence electrons. The van der Waals surface area contributed by atoms with Gasteiger partial charge in [0, 0.05) is 14.9 Å². The van der Waals surface area contributed by atoms with E-state index in [0.717, 1.165) is 20.5 Å². The molecule has 0 aliphatic rings. The number of esters is 1. The molecular formula is C15H13BrO2S. The highest BCUT2D eigenvalue weighted by Gasteiger charge is 2.06. The summed E-state index contributed by atoms with van der Waals surface area (Å²) in [4.78, 5) is 12.6. The second-order valence-electron chi connectivity index (χ2n) is 4.10. The number of carbonyl (C=O) groups is 1. The molecule has 0 bridgehead atoms. The lowest BCUT2D eigenvalue weighted by molar-refractivity contribution is -0.144. The summed E-state index contributed by atoms with van der Waals surface area (Å²) in [6.07, 6.45) is 0.276. The first-order valence-corrected chi connectivity index (χ1v) is 7.06. The zero-order chi connectivity index (χ0) is 13.7. The summed E-state index contributed by atoms with van der Waals surface area (Å²) in [6.45, 7) is 0.283. The van der Waals surface area contributed by atoms with Crippen LogP contribution in [-0.4, -0.2) is 5.97 Å². The van der Waals surface area contributed by atoms with Crippen molar-refractivity contribution in [2.75, 3.05) is 0 Å². The van der Waals surface area contributed by atoms with Crippen molar-refractivity contribution in [1.29, 1.82) is 0 Å². The Morgan fingerprint density at radius 3 is 2.47 bits per heavy atom. The van der Waals surface area contributed by atoms with Gasteiger partial charge in [0.05, 0.1) is 6.42 Å². The standard InChI is InChI=1S/C15H13BrO2S/c16-14-4-2-1-3-12(14)10-18-15(17)9-11-5-7-13(19)8-6-11/h1-8,19H,9-10H2. The summed E-state index contributed by atoms with van der Waals surface area (Å²) < 4.78 is 6.20. The van der Waals surface area contributed by atoms with Gasteiger partial charge in [-0.3, -0.25) is 4.79 Å². The molecule has 0 aliphatic carbocycles. The van der Waals surface area contributed by atoms with E-state index in [0.29, 0.717) is 0 Å². The lowest BCUT2D eigenvalue weighted by atomic mass is 10.1. The highest BCUT2D eigenvalue weighted by Crippen LogP contribution is 2.17. The largest absolute Gasteiger partial charge is 0.461 e. The Kier molecular flexibility index (Phi) is 5.05. The van der Waals surface area contributed by atoms with E-state index < -0.39 is 0 Å². The predicted octanol–water partition coefficient (Wildman–Crippen LogP) is 4.02. The molecule has 0 radical (unpaired) electrons. The molecular weight excluding hydrogens is 324 g/mol. The number of ether oxygens (including phenoxy) is 1. The minimum Gasteiger partial charge on any atom is -0.461 e. The predicted molar refractivity (Wildman–Crippen MR) is 81.3 cm³/mol. The van der Waals surface area contributed by atoms with Gasteiger partial charge >= 0.3 is 5.97 Å². The second-order valence-corrected chi connectivity index (χ2v) is 5.47. The molecule has 19 heavy (non-hydrogen) atoms. The van der Waals surface area contributed by atoms with Gasteiger partial charge in [-0.15, -0.1) is 12.6 Å². The van der Waals surface area contributed by atoms with Crippen molar-refractivity contribution in [2.24, 2.45) is 0 Å². The SMILES string of the molecule is O=C(Cc1ccc(S)cc1)OCc1ccccc1Br. The highest BCUT2D eigenvalue weighted by molar-refractivity contribution is 9.10. The molecule has 4 heteroatoms. The number of hydrogen-bond donors (Lipinski definition) is 1. The first-order valence-electron chi connectivity index (χ1n) is 5.82. The van der Waals surface area contributed by atoms with E-state index in [-0.39, 0.29) is 19.0 Å². The molecule has 0 saturated heterocycles. The van der Waals surface area contributed by atoms with E-state index in [1.54, 1.807) is 0 Å². The molecule has 0 N–H and O–H groups in total. The first-order chi connectivity index (χ1) is 9.15. The third-order valence-electron chi connectivity index (χ3n) is 2.63. The van der Waals surface area contributed by atoms with Gasteiger partial charge in [0.2, 0.25) is 0 Å². The lowest BCUT2D eigenvalue weighted by Crippen LogP contribution is -2.08. The average molecular weight is 337 g/mol. The third kappa shape index (κ3) is 4.40. The normalized spacial score (nSPS) is 10.2. The van der Waals surface area contributed by atoms with E-state index in [2.05, 4.69) is 28.6 Å². The molecule has 0 amide bonds. The number of hydrogen-bond acceptors (Lipinski definition) is 3. The van der Waals surface area contributed by atoms with Crippen LogP contribution < -0.4 is 0 Å². The van der Waals surface area contributed by atoms with Crippen LogP contribution >= 0.6 is 28.6 Å². The molecule has 0 heterocycles. The number of thiol groups is 1. The summed E-state index contributed by atoms with van der Waals surface area (Å²) in [7, 11) is 0.